The lowest BCUT2D eigenvalue weighted by Crippen LogP contribution is -2.27. The molecule has 0 aliphatic heterocycles. The molecule has 0 fully saturated rings. The molecule has 0 atom stereocenters. The van der Waals surface area contributed by atoms with Crippen LogP contribution in [0.15, 0.2) is 52.4 Å². The highest BCUT2D eigenvalue weighted by atomic mass is 32.2. The topological polar surface area (TPSA) is 79.0 Å². The van der Waals surface area contributed by atoms with E-state index in [1.54, 1.807) is 0 Å². The Kier molecular flexibility index (Phi) is 4.36. The van der Waals surface area contributed by atoms with Crippen LogP contribution >= 0.6 is 0 Å². The van der Waals surface area contributed by atoms with Gasteiger partial charge in [-0.2, -0.15) is 0 Å². The first-order chi connectivity index (χ1) is 9.53. The number of aromatic amines is 1. The number of sulfonamides is 1. The van der Waals surface area contributed by atoms with Crippen molar-refractivity contribution in [1.29, 1.82) is 0 Å². The van der Waals surface area contributed by atoms with E-state index in [1.165, 1.54) is 24.0 Å². The monoisotopic (exact) mass is 292 g/mol. The Balaban J connectivity index is 2.13. The molecule has 0 radical (unpaired) electrons. The molecule has 0 saturated carbocycles. The van der Waals surface area contributed by atoms with E-state index in [-0.39, 0.29) is 11.4 Å². The Hall–Kier alpha value is -1.92. The highest BCUT2D eigenvalue weighted by Crippen LogP contribution is 2.07. The van der Waals surface area contributed by atoms with Crippen LogP contribution in [-0.4, -0.2) is 13.4 Å². The second-order valence-electron chi connectivity index (χ2n) is 4.37. The van der Waals surface area contributed by atoms with E-state index in [2.05, 4.69) is 16.6 Å². The average molecular weight is 292 g/mol. The normalized spacial score (nSPS) is 11.4. The van der Waals surface area contributed by atoms with Crippen LogP contribution in [0.3, 0.4) is 0 Å². The third kappa shape index (κ3) is 3.34. The SMILES string of the molecule is CCc1ccc(CNS(=O)(=O)c2c[nH]ccc2=O)cc1. The molecule has 20 heavy (non-hydrogen) atoms. The van der Waals surface area contributed by atoms with Gasteiger partial charge >= 0.3 is 0 Å². The van der Waals surface area contributed by atoms with Crippen molar-refractivity contribution in [3.8, 4) is 0 Å². The second kappa shape index (κ2) is 6.02. The Morgan fingerprint density at radius 2 is 1.75 bits per heavy atom. The van der Waals surface area contributed by atoms with E-state index in [0.717, 1.165) is 12.0 Å². The largest absolute Gasteiger partial charge is 0.366 e. The van der Waals surface area contributed by atoms with Gasteiger partial charge in [0.15, 0.2) is 0 Å². The molecule has 2 N–H and O–H groups in total. The maximum atomic E-state index is 12.0. The summed E-state index contributed by atoms with van der Waals surface area (Å²) in [4.78, 5) is 13.9. The van der Waals surface area contributed by atoms with Crippen LogP contribution in [-0.2, 0) is 23.0 Å². The van der Waals surface area contributed by atoms with Crippen molar-refractivity contribution in [2.45, 2.75) is 24.8 Å². The molecule has 5 nitrogen and oxygen atoms in total. The van der Waals surface area contributed by atoms with E-state index < -0.39 is 15.5 Å². The highest BCUT2D eigenvalue weighted by Gasteiger charge is 2.16. The van der Waals surface area contributed by atoms with Gasteiger partial charge in [0.2, 0.25) is 15.5 Å². The molecule has 1 aromatic carbocycles. The highest BCUT2D eigenvalue weighted by molar-refractivity contribution is 7.89. The number of aryl methyl sites for hydroxylation is 1. The number of H-pyrrole nitrogens is 1. The van der Waals surface area contributed by atoms with Crippen LogP contribution in [0.2, 0.25) is 0 Å². The summed E-state index contributed by atoms with van der Waals surface area (Å²) in [6.45, 7) is 2.21. The zero-order valence-electron chi connectivity index (χ0n) is 11.1. The Morgan fingerprint density at radius 1 is 1.10 bits per heavy atom. The molecule has 0 unspecified atom stereocenters. The fourth-order valence-corrected chi connectivity index (χ4v) is 2.83. The van der Waals surface area contributed by atoms with Crippen LogP contribution in [0, 0.1) is 0 Å². The Bertz CT molecular complexity index is 734. The molecule has 0 amide bonds. The van der Waals surface area contributed by atoms with Gasteiger partial charge in [-0.3, -0.25) is 4.79 Å². The summed E-state index contributed by atoms with van der Waals surface area (Å²) in [5.74, 6) is 0. The molecule has 0 aliphatic rings. The lowest BCUT2D eigenvalue weighted by atomic mass is 10.1. The summed E-state index contributed by atoms with van der Waals surface area (Å²) in [5, 5.41) is 0. The molecule has 6 heteroatoms. The number of nitrogens with one attached hydrogen (secondary N) is 2. The zero-order valence-corrected chi connectivity index (χ0v) is 11.9. The summed E-state index contributed by atoms with van der Waals surface area (Å²) < 4.78 is 26.5. The third-order valence-corrected chi connectivity index (χ3v) is 4.40. The van der Waals surface area contributed by atoms with E-state index in [1.807, 2.05) is 24.3 Å². The molecule has 1 heterocycles. The van der Waals surface area contributed by atoms with E-state index >= 15 is 0 Å². The molecular weight excluding hydrogens is 276 g/mol. The van der Waals surface area contributed by atoms with Crippen molar-refractivity contribution in [3.63, 3.8) is 0 Å². The lowest BCUT2D eigenvalue weighted by Gasteiger charge is -2.06. The maximum Gasteiger partial charge on any atom is 0.246 e. The summed E-state index contributed by atoms with van der Waals surface area (Å²) in [7, 11) is -3.80. The van der Waals surface area contributed by atoms with Gasteiger partial charge in [0.05, 0.1) is 0 Å². The molecule has 0 spiro atoms. The third-order valence-electron chi connectivity index (χ3n) is 2.98. The van der Waals surface area contributed by atoms with E-state index in [0.29, 0.717) is 0 Å². The summed E-state index contributed by atoms with van der Waals surface area (Å²) >= 11 is 0. The minimum absolute atomic E-state index is 0.153. The number of aromatic nitrogens is 1. The lowest BCUT2D eigenvalue weighted by molar-refractivity contribution is 0.580. The van der Waals surface area contributed by atoms with Crippen molar-refractivity contribution in [2.75, 3.05) is 0 Å². The van der Waals surface area contributed by atoms with Crippen molar-refractivity contribution >= 4 is 10.0 Å². The number of rotatable bonds is 5. The first-order valence-electron chi connectivity index (χ1n) is 6.27. The first kappa shape index (κ1) is 14.5. The van der Waals surface area contributed by atoms with Gasteiger partial charge < -0.3 is 4.98 Å². The average Bonchev–Trinajstić information content (AvgIpc) is 2.46. The van der Waals surface area contributed by atoms with Gasteiger partial charge in [-0.1, -0.05) is 31.2 Å². The zero-order chi connectivity index (χ0) is 14.6. The van der Waals surface area contributed by atoms with Crippen molar-refractivity contribution in [2.24, 2.45) is 0 Å². The fraction of sp³-hybridized carbons (Fsp3) is 0.214. The predicted molar refractivity (Wildman–Crippen MR) is 76.9 cm³/mol. The Labute approximate surface area is 117 Å². The molecule has 2 rings (SSSR count). The van der Waals surface area contributed by atoms with Gasteiger partial charge in [-0.05, 0) is 17.5 Å². The number of hydrogen-bond acceptors (Lipinski definition) is 3. The molecule has 0 saturated heterocycles. The van der Waals surface area contributed by atoms with Crippen LogP contribution in [0.4, 0.5) is 0 Å². The van der Waals surface area contributed by atoms with E-state index in [9.17, 15) is 13.2 Å². The van der Waals surface area contributed by atoms with Gasteiger partial charge in [0.25, 0.3) is 0 Å². The molecule has 0 bridgehead atoms. The van der Waals surface area contributed by atoms with Crippen molar-refractivity contribution in [1.82, 2.24) is 9.71 Å². The van der Waals surface area contributed by atoms with Gasteiger partial charge in [0, 0.05) is 25.0 Å². The molecular formula is C14H16N2O3S. The molecule has 106 valence electrons. The minimum atomic E-state index is -3.80. The summed E-state index contributed by atoms with van der Waals surface area (Å²) in [5.41, 5.74) is 1.51. The van der Waals surface area contributed by atoms with Crippen LogP contribution in [0.25, 0.3) is 0 Å². The number of benzene rings is 1. The standard InChI is InChI=1S/C14H16N2O3S/c1-2-11-3-5-12(6-4-11)9-16-20(18,19)14-10-15-8-7-13(14)17/h3-8,10,16H,2,9H2,1H3,(H,15,17). The van der Waals surface area contributed by atoms with Crippen LogP contribution in [0.5, 0.6) is 0 Å². The second-order valence-corrected chi connectivity index (χ2v) is 6.10. The van der Waals surface area contributed by atoms with Crippen LogP contribution < -0.4 is 10.2 Å². The van der Waals surface area contributed by atoms with Crippen molar-refractivity contribution < 1.29 is 8.42 Å². The Morgan fingerprint density at radius 3 is 2.35 bits per heavy atom. The van der Waals surface area contributed by atoms with Gasteiger partial charge in [-0.25, -0.2) is 13.1 Å². The predicted octanol–water partition coefficient (Wildman–Crippen LogP) is 1.42. The van der Waals surface area contributed by atoms with E-state index in [4.69, 9.17) is 0 Å². The smallest absolute Gasteiger partial charge is 0.246 e. The van der Waals surface area contributed by atoms with Gasteiger partial charge in [-0.15, -0.1) is 0 Å². The number of pyridine rings is 1. The van der Waals surface area contributed by atoms with Crippen LogP contribution in [0.1, 0.15) is 18.1 Å². The fourth-order valence-electron chi connectivity index (χ4n) is 1.76. The summed E-state index contributed by atoms with van der Waals surface area (Å²) in [6, 6.07) is 8.84. The number of hydrogen-bond donors (Lipinski definition) is 2. The first-order valence-corrected chi connectivity index (χ1v) is 7.76. The molecule has 0 aliphatic carbocycles. The van der Waals surface area contributed by atoms with Crippen molar-refractivity contribution in [3.05, 3.63) is 64.1 Å². The minimum Gasteiger partial charge on any atom is -0.366 e. The summed E-state index contributed by atoms with van der Waals surface area (Å²) in [6.07, 6.45) is 3.51. The molecule has 2 aromatic rings. The molecule has 1 aromatic heterocycles. The maximum absolute atomic E-state index is 12.0. The quantitative estimate of drug-likeness (QED) is 0.874. The van der Waals surface area contributed by atoms with Gasteiger partial charge in [0.1, 0.15) is 4.90 Å².